The third-order valence-electron chi connectivity index (χ3n) is 3.49. The fraction of sp³-hybridized carbons (Fsp3) is 0.375. The lowest BCUT2D eigenvalue weighted by Gasteiger charge is -2.22. The Morgan fingerprint density at radius 1 is 1.42 bits per heavy atom. The first-order chi connectivity index (χ1) is 11.2. The molecule has 2 amide bonds. The van der Waals surface area contributed by atoms with Crippen LogP contribution in [0.3, 0.4) is 0 Å². The number of benzene rings is 1. The zero-order valence-electron chi connectivity index (χ0n) is 13.8. The average Bonchev–Trinajstić information content (AvgIpc) is 2.90. The summed E-state index contributed by atoms with van der Waals surface area (Å²) in [7, 11) is 0. The lowest BCUT2D eigenvalue weighted by Crippen LogP contribution is -2.26. The molecule has 3 N–H and O–H groups in total. The van der Waals surface area contributed by atoms with Gasteiger partial charge in [-0.05, 0) is 39.0 Å². The highest BCUT2D eigenvalue weighted by Crippen LogP contribution is 2.33. The zero-order chi connectivity index (χ0) is 17.5. The van der Waals surface area contributed by atoms with E-state index in [-0.39, 0.29) is 24.5 Å². The highest BCUT2D eigenvalue weighted by atomic mass is 16.5. The van der Waals surface area contributed by atoms with Crippen LogP contribution in [0.5, 0.6) is 5.75 Å². The van der Waals surface area contributed by atoms with E-state index in [0.717, 1.165) is 5.56 Å². The number of carbonyl (C=O) groups excluding carboxylic acids is 2. The lowest BCUT2D eigenvalue weighted by atomic mass is 10.1. The molecule has 3 rings (SSSR count). The van der Waals surface area contributed by atoms with Crippen molar-refractivity contribution in [1.82, 2.24) is 14.8 Å². The smallest absolute Gasteiger partial charge is 0.262 e. The number of hydrogen-bond acceptors (Lipinski definition) is 5. The van der Waals surface area contributed by atoms with E-state index in [1.54, 1.807) is 16.8 Å². The molecule has 8 nitrogen and oxygen atoms in total. The van der Waals surface area contributed by atoms with Gasteiger partial charge in [-0.15, -0.1) is 0 Å². The molecule has 0 spiro atoms. The Morgan fingerprint density at radius 2 is 2.17 bits per heavy atom. The molecule has 126 valence electrons. The second kappa shape index (κ2) is 5.63. The van der Waals surface area contributed by atoms with Crippen LogP contribution in [0, 0.1) is 0 Å². The molecule has 0 radical (unpaired) electrons. The van der Waals surface area contributed by atoms with Gasteiger partial charge in [0.15, 0.2) is 18.3 Å². The van der Waals surface area contributed by atoms with E-state index < -0.39 is 5.91 Å². The number of rotatable bonds is 3. The maximum Gasteiger partial charge on any atom is 0.262 e. The van der Waals surface area contributed by atoms with Crippen molar-refractivity contribution in [3.8, 4) is 17.1 Å². The molecule has 2 aromatic rings. The van der Waals surface area contributed by atoms with Crippen LogP contribution >= 0.6 is 0 Å². The number of anilines is 1. The largest absolute Gasteiger partial charge is 0.482 e. The van der Waals surface area contributed by atoms with E-state index in [4.69, 9.17) is 10.5 Å². The van der Waals surface area contributed by atoms with Gasteiger partial charge < -0.3 is 15.8 Å². The van der Waals surface area contributed by atoms with E-state index in [1.165, 1.54) is 0 Å². The van der Waals surface area contributed by atoms with E-state index in [0.29, 0.717) is 23.1 Å². The van der Waals surface area contributed by atoms with E-state index >= 15 is 0 Å². The summed E-state index contributed by atoms with van der Waals surface area (Å²) in [6.45, 7) is 5.96. The van der Waals surface area contributed by atoms with Crippen LogP contribution in [0.4, 0.5) is 5.69 Å². The van der Waals surface area contributed by atoms with Crippen molar-refractivity contribution >= 4 is 17.5 Å². The number of carbonyl (C=O) groups is 2. The number of hydrogen-bond donors (Lipinski definition) is 2. The summed E-state index contributed by atoms with van der Waals surface area (Å²) in [5.74, 6) is 0.898. The van der Waals surface area contributed by atoms with Gasteiger partial charge in [-0.2, -0.15) is 5.10 Å². The summed E-state index contributed by atoms with van der Waals surface area (Å²) in [5, 5.41) is 7.16. The minimum absolute atomic E-state index is 0.0185. The molecule has 0 atom stereocenters. The van der Waals surface area contributed by atoms with Gasteiger partial charge in [0, 0.05) is 5.56 Å². The SMILES string of the molecule is CC(C)(C)n1nc(CC(N)=O)nc1-c1ccc2c(c1)OCC(=O)N2. The van der Waals surface area contributed by atoms with Crippen molar-refractivity contribution in [2.45, 2.75) is 32.7 Å². The Morgan fingerprint density at radius 3 is 2.83 bits per heavy atom. The number of aromatic nitrogens is 3. The summed E-state index contributed by atoms with van der Waals surface area (Å²) in [4.78, 5) is 27.0. The molecule has 0 saturated heterocycles. The molecular weight excluding hydrogens is 310 g/mol. The molecule has 0 fully saturated rings. The number of nitrogens with one attached hydrogen (secondary N) is 1. The van der Waals surface area contributed by atoms with Gasteiger partial charge in [0.1, 0.15) is 5.75 Å². The van der Waals surface area contributed by atoms with Crippen molar-refractivity contribution < 1.29 is 14.3 Å². The van der Waals surface area contributed by atoms with Crippen molar-refractivity contribution in [2.75, 3.05) is 11.9 Å². The van der Waals surface area contributed by atoms with E-state index in [1.807, 2.05) is 26.8 Å². The molecule has 1 aromatic carbocycles. The van der Waals surface area contributed by atoms with Gasteiger partial charge >= 0.3 is 0 Å². The van der Waals surface area contributed by atoms with Crippen molar-refractivity contribution in [1.29, 1.82) is 0 Å². The molecule has 0 aliphatic carbocycles. The van der Waals surface area contributed by atoms with Crippen LogP contribution in [0.2, 0.25) is 0 Å². The summed E-state index contributed by atoms with van der Waals surface area (Å²) >= 11 is 0. The maximum atomic E-state index is 11.4. The quantitative estimate of drug-likeness (QED) is 0.874. The van der Waals surface area contributed by atoms with Gasteiger partial charge in [-0.3, -0.25) is 9.59 Å². The first-order valence-electron chi connectivity index (χ1n) is 7.56. The Labute approximate surface area is 139 Å². The molecule has 0 bridgehead atoms. The molecule has 1 aromatic heterocycles. The molecule has 24 heavy (non-hydrogen) atoms. The highest BCUT2D eigenvalue weighted by Gasteiger charge is 2.24. The van der Waals surface area contributed by atoms with Crippen LogP contribution in [0.1, 0.15) is 26.6 Å². The fourth-order valence-corrected chi connectivity index (χ4v) is 2.45. The van der Waals surface area contributed by atoms with Crippen LogP contribution in [0.25, 0.3) is 11.4 Å². The van der Waals surface area contributed by atoms with Crippen LogP contribution < -0.4 is 15.8 Å². The molecule has 1 aliphatic heterocycles. The number of nitrogens with two attached hydrogens (primary N) is 1. The Hall–Kier alpha value is -2.90. The molecular formula is C16H19N5O3. The predicted molar refractivity (Wildman–Crippen MR) is 87.5 cm³/mol. The first-order valence-corrected chi connectivity index (χ1v) is 7.56. The van der Waals surface area contributed by atoms with Crippen molar-refractivity contribution in [2.24, 2.45) is 5.73 Å². The van der Waals surface area contributed by atoms with Crippen molar-refractivity contribution in [3.05, 3.63) is 24.0 Å². The molecule has 0 saturated carbocycles. The third-order valence-corrected chi connectivity index (χ3v) is 3.49. The van der Waals surface area contributed by atoms with E-state index in [2.05, 4.69) is 15.4 Å². The average molecular weight is 329 g/mol. The molecule has 1 aliphatic rings. The minimum atomic E-state index is -0.482. The number of primary amides is 1. The second-order valence-corrected chi connectivity index (χ2v) is 6.63. The first kappa shape index (κ1) is 16.0. The third kappa shape index (κ3) is 3.08. The van der Waals surface area contributed by atoms with Gasteiger partial charge in [0.25, 0.3) is 5.91 Å². The Bertz CT molecular complexity index is 820. The molecule has 2 heterocycles. The fourth-order valence-electron chi connectivity index (χ4n) is 2.45. The Balaban J connectivity index is 2.06. The van der Waals surface area contributed by atoms with Crippen LogP contribution in [-0.4, -0.2) is 33.2 Å². The van der Waals surface area contributed by atoms with Crippen molar-refractivity contribution in [3.63, 3.8) is 0 Å². The number of amides is 2. The topological polar surface area (TPSA) is 112 Å². The zero-order valence-corrected chi connectivity index (χ0v) is 13.8. The second-order valence-electron chi connectivity index (χ2n) is 6.63. The number of ether oxygens (including phenoxy) is 1. The summed E-state index contributed by atoms with van der Waals surface area (Å²) in [5.41, 5.74) is 6.32. The van der Waals surface area contributed by atoms with Gasteiger partial charge in [0.05, 0.1) is 17.6 Å². The van der Waals surface area contributed by atoms with Gasteiger partial charge in [0.2, 0.25) is 5.91 Å². The van der Waals surface area contributed by atoms with Crippen LogP contribution in [-0.2, 0) is 21.5 Å². The lowest BCUT2D eigenvalue weighted by molar-refractivity contribution is -0.119. The number of nitrogens with zero attached hydrogens (tertiary/aromatic N) is 3. The summed E-state index contributed by atoms with van der Waals surface area (Å²) in [6, 6.07) is 5.39. The van der Waals surface area contributed by atoms with Crippen LogP contribution in [0.15, 0.2) is 18.2 Å². The Kier molecular flexibility index (Phi) is 3.75. The summed E-state index contributed by atoms with van der Waals surface area (Å²) in [6.07, 6.45) is -0.0203. The summed E-state index contributed by atoms with van der Waals surface area (Å²) < 4.78 is 7.21. The standard InChI is InChI=1S/C16H19N5O3/c1-16(2,3)21-15(19-13(20-21)7-12(17)22)9-4-5-10-11(6-9)24-8-14(23)18-10/h4-6H,7-8H2,1-3H3,(H2,17,22)(H,18,23). The van der Waals surface area contributed by atoms with Gasteiger partial charge in [-0.25, -0.2) is 9.67 Å². The normalized spacial score (nSPS) is 13.9. The predicted octanol–water partition coefficient (Wildman–Crippen LogP) is 1.06. The highest BCUT2D eigenvalue weighted by molar-refractivity contribution is 5.95. The van der Waals surface area contributed by atoms with Gasteiger partial charge in [-0.1, -0.05) is 0 Å². The van der Waals surface area contributed by atoms with E-state index in [9.17, 15) is 9.59 Å². The monoisotopic (exact) mass is 329 g/mol. The molecule has 0 unspecified atom stereocenters. The molecule has 8 heteroatoms. The minimum Gasteiger partial charge on any atom is -0.482 e. The maximum absolute atomic E-state index is 11.4. The number of fused-ring (bicyclic) bond motifs is 1.